The Kier molecular flexibility index (Phi) is 4.34. The number of nitrogens with two attached hydrogens (primary N) is 1. The summed E-state index contributed by atoms with van der Waals surface area (Å²) in [4.78, 5) is 10.8. The Morgan fingerprint density at radius 3 is 2.71 bits per heavy atom. The van der Waals surface area contributed by atoms with Crippen LogP contribution in [-0.2, 0) is 4.79 Å². The molecule has 0 saturated heterocycles. The van der Waals surface area contributed by atoms with Crippen LogP contribution in [0.25, 0.3) is 0 Å². The van der Waals surface area contributed by atoms with Gasteiger partial charge >= 0.3 is 5.97 Å². The van der Waals surface area contributed by atoms with Gasteiger partial charge in [-0.25, -0.2) is 0 Å². The standard InChI is InChI=1S/C12H17NO4/c1-12(13,11(14)15)6-7-17-10-5-3-4-9(8-10)16-2/h3-5,8H,6-7,13H2,1-2H3,(H,14,15). The van der Waals surface area contributed by atoms with E-state index in [1.165, 1.54) is 6.92 Å². The van der Waals surface area contributed by atoms with Gasteiger partial charge in [-0.1, -0.05) is 6.07 Å². The quantitative estimate of drug-likeness (QED) is 0.781. The lowest BCUT2D eigenvalue weighted by Crippen LogP contribution is -2.45. The summed E-state index contributed by atoms with van der Waals surface area (Å²) in [5.41, 5.74) is 4.31. The largest absolute Gasteiger partial charge is 0.497 e. The predicted molar refractivity (Wildman–Crippen MR) is 63.3 cm³/mol. The molecular weight excluding hydrogens is 222 g/mol. The van der Waals surface area contributed by atoms with Crippen molar-refractivity contribution >= 4 is 5.97 Å². The second-order valence-electron chi connectivity index (χ2n) is 4.00. The first kappa shape index (κ1) is 13.3. The van der Waals surface area contributed by atoms with Gasteiger partial charge in [-0.05, 0) is 19.1 Å². The zero-order valence-corrected chi connectivity index (χ0v) is 9.97. The minimum Gasteiger partial charge on any atom is -0.497 e. The number of hydrogen-bond acceptors (Lipinski definition) is 4. The highest BCUT2D eigenvalue weighted by molar-refractivity contribution is 5.77. The molecule has 94 valence electrons. The molecule has 1 atom stereocenters. The Balaban J connectivity index is 2.48. The highest BCUT2D eigenvalue weighted by Crippen LogP contribution is 2.19. The fraction of sp³-hybridized carbons (Fsp3) is 0.417. The normalized spacial score (nSPS) is 13.8. The third kappa shape index (κ3) is 3.96. The molecule has 0 bridgehead atoms. The molecule has 0 aliphatic heterocycles. The van der Waals surface area contributed by atoms with Crippen LogP contribution >= 0.6 is 0 Å². The van der Waals surface area contributed by atoms with Crippen molar-refractivity contribution in [2.24, 2.45) is 5.73 Å². The topological polar surface area (TPSA) is 81.8 Å². The van der Waals surface area contributed by atoms with Gasteiger partial charge in [-0.2, -0.15) is 0 Å². The van der Waals surface area contributed by atoms with Gasteiger partial charge in [0.2, 0.25) is 0 Å². The van der Waals surface area contributed by atoms with E-state index in [2.05, 4.69) is 0 Å². The molecule has 5 nitrogen and oxygen atoms in total. The van der Waals surface area contributed by atoms with Gasteiger partial charge in [0.1, 0.15) is 17.0 Å². The Morgan fingerprint density at radius 2 is 2.12 bits per heavy atom. The average Bonchev–Trinajstić information content (AvgIpc) is 2.29. The highest BCUT2D eigenvalue weighted by Gasteiger charge is 2.27. The molecule has 17 heavy (non-hydrogen) atoms. The third-order valence-electron chi connectivity index (χ3n) is 2.42. The summed E-state index contributed by atoms with van der Waals surface area (Å²) in [6, 6.07) is 7.11. The number of hydrogen-bond donors (Lipinski definition) is 2. The zero-order valence-electron chi connectivity index (χ0n) is 9.97. The predicted octanol–water partition coefficient (Wildman–Crippen LogP) is 1.27. The molecule has 0 amide bonds. The highest BCUT2D eigenvalue weighted by atomic mass is 16.5. The average molecular weight is 239 g/mol. The van der Waals surface area contributed by atoms with Crippen molar-refractivity contribution in [3.05, 3.63) is 24.3 Å². The van der Waals surface area contributed by atoms with Gasteiger partial charge in [0.15, 0.2) is 0 Å². The molecule has 0 radical (unpaired) electrons. The molecule has 0 aliphatic rings. The second-order valence-corrected chi connectivity index (χ2v) is 4.00. The maximum Gasteiger partial charge on any atom is 0.323 e. The van der Waals surface area contributed by atoms with E-state index in [1.54, 1.807) is 31.4 Å². The Morgan fingerprint density at radius 1 is 1.47 bits per heavy atom. The Bertz CT molecular complexity index is 390. The fourth-order valence-electron chi connectivity index (χ4n) is 1.18. The van der Waals surface area contributed by atoms with Gasteiger partial charge in [0.25, 0.3) is 0 Å². The molecule has 0 heterocycles. The summed E-state index contributed by atoms with van der Waals surface area (Å²) >= 11 is 0. The molecule has 1 unspecified atom stereocenters. The number of carbonyl (C=O) groups is 1. The Labute approximate surface area is 100 Å². The van der Waals surface area contributed by atoms with E-state index in [1.807, 2.05) is 0 Å². The lowest BCUT2D eigenvalue weighted by atomic mass is 10.0. The second kappa shape index (κ2) is 5.54. The first-order valence-electron chi connectivity index (χ1n) is 5.25. The van der Waals surface area contributed by atoms with Crippen molar-refractivity contribution in [1.82, 2.24) is 0 Å². The monoisotopic (exact) mass is 239 g/mol. The summed E-state index contributed by atoms with van der Waals surface area (Å²) in [6.07, 6.45) is 0.236. The van der Waals surface area contributed by atoms with Gasteiger partial charge in [-0.15, -0.1) is 0 Å². The summed E-state index contributed by atoms with van der Waals surface area (Å²) < 4.78 is 10.5. The molecule has 0 saturated carbocycles. The molecule has 1 rings (SSSR count). The van der Waals surface area contributed by atoms with Crippen molar-refractivity contribution in [3.63, 3.8) is 0 Å². The lowest BCUT2D eigenvalue weighted by Gasteiger charge is -2.19. The number of aliphatic carboxylic acids is 1. The maximum atomic E-state index is 10.8. The zero-order chi connectivity index (χ0) is 12.9. The smallest absolute Gasteiger partial charge is 0.323 e. The van der Waals surface area contributed by atoms with E-state index in [0.29, 0.717) is 11.5 Å². The van der Waals surface area contributed by atoms with Crippen molar-refractivity contribution in [3.8, 4) is 11.5 Å². The van der Waals surface area contributed by atoms with Crippen LogP contribution in [0, 0.1) is 0 Å². The molecule has 0 aliphatic carbocycles. The van der Waals surface area contributed by atoms with Gasteiger partial charge < -0.3 is 20.3 Å². The molecule has 0 fully saturated rings. The van der Waals surface area contributed by atoms with Crippen LogP contribution in [0.3, 0.4) is 0 Å². The summed E-state index contributed by atoms with van der Waals surface area (Å²) in [6.45, 7) is 1.71. The number of ether oxygens (including phenoxy) is 2. The van der Waals surface area contributed by atoms with Crippen LogP contribution in [0.2, 0.25) is 0 Å². The molecule has 1 aromatic rings. The van der Waals surface area contributed by atoms with E-state index in [4.69, 9.17) is 20.3 Å². The summed E-state index contributed by atoms with van der Waals surface area (Å²) in [5, 5.41) is 8.82. The minimum absolute atomic E-state index is 0.236. The molecule has 5 heteroatoms. The van der Waals surface area contributed by atoms with Crippen LogP contribution in [0.15, 0.2) is 24.3 Å². The molecular formula is C12H17NO4. The number of carboxylic acid groups (broad SMARTS) is 1. The Hall–Kier alpha value is -1.75. The van der Waals surface area contributed by atoms with E-state index in [0.717, 1.165) is 0 Å². The van der Waals surface area contributed by atoms with E-state index >= 15 is 0 Å². The lowest BCUT2D eigenvalue weighted by molar-refractivity contribution is -0.143. The van der Waals surface area contributed by atoms with Crippen molar-refractivity contribution in [2.75, 3.05) is 13.7 Å². The first-order chi connectivity index (χ1) is 7.95. The van der Waals surface area contributed by atoms with Crippen LogP contribution in [0.4, 0.5) is 0 Å². The SMILES string of the molecule is COc1cccc(OCCC(C)(N)C(=O)O)c1. The number of rotatable bonds is 6. The number of benzene rings is 1. The van der Waals surface area contributed by atoms with Gasteiger partial charge in [0.05, 0.1) is 13.7 Å². The number of carboxylic acids is 1. The molecule has 3 N–H and O–H groups in total. The van der Waals surface area contributed by atoms with Crippen LogP contribution in [0.1, 0.15) is 13.3 Å². The molecule has 0 aromatic heterocycles. The van der Waals surface area contributed by atoms with E-state index in [9.17, 15) is 4.79 Å². The van der Waals surface area contributed by atoms with Crippen LogP contribution in [-0.4, -0.2) is 30.3 Å². The van der Waals surface area contributed by atoms with Crippen molar-refractivity contribution in [2.45, 2.75) is 18.9 Å². The van der Waals surface area contributed by atoms with E-state index < -0.39 is 11.5 Å². The van der Waals surface area contributed by atoms with Crippen LogP contribution in [0.5, 0.6) is 11.5 Å². The van der Waals surface area contributed by atoms with Crippen molar-refractivity contribution in [1.29, 1.82) is 0 Å². The van der Waals surface area contributed by atoms with E-state index in [-0.39, 0.29) is 13.0 Å². The molecule has 1 aromatic carbocycles. The third-order valence-corrected chi connectivity index (χ3v) is 2.42. The van der Waals surface area contributed by atoms with Crippen LogP contribution < -0.4 is 15.2 Å². The fourth-order valence-corrected chi connectivity index (χ4v) is 1.18. The number of methoxy groups -OCH3 is 1. The summed E-state index contributed by atoms with van der Waals surface area (Å²) in [7, 11) is 1.57. The first-order valence-corrected chi connectivity index (χ1v) is 5.25. The molecule has 0 spiro atoms. The van der Waals surface area contributed by atoms with Crippen molar-refractivity contribution < 1.29 is 19.4 Å². The van der Waals surface area contributed by atoms with Gasteiger partial charge in [0, 0.05) is 12.5 Å². The maximum absolute atomic E-state index is 10.8. The van der Waals surface area contributed by atoms with Gasteiger partial charge in [-0.3, -0.25) is 4.79 Å². The summed E-state index contributed by atoms with van der Waals surface area (Å²) in [5.74, 6) is 0.286. The minimum atomic E-state index is -1.27.